The maximum absolute atomic E-state index is 10.7. The molecule has 0 aromatic heterocycles. The Balaban J connectivity index is 2.37. The number of hydrogen-bond donors (Lipinski definition) is 2. The maximum atomic E-state index is 10.7. The standard InChI is InChI=1S/C8H18N2O3S/c1-7-8(2,3-5-13-7)10-4-6-14(9,11)12/h7,10H,3-6H2,1-2H3,(H2,9,11,12). The van der Waals surface area contributed by atoms with Gasteiger partial charge in [-0.25, -0.2) is 13.6 Å². The first kappa shape index (κ1) is 11.9. The molecule has 0 amide bonds. The zero-order chi connectivity index (χ0) is 10.8. The van der Waals surface area contributed by atoms with Crippen LogP contribution in [0.4, 0.5) is 0 Å². The molecule has 1 fully saturated rings. The lowest BCUT2D eigenvalue weighted by Crippen LogP contribution is -2.49. The van der Waals surface area contributed by atoms with Gasteiger partial charge in [0, 0.05) is 18.7 Å². The summed E-state index contributed by atoms with van der Waals surface area (Å²) in [5, 5.41) is 8.08. The Hall–Kier alpha value is -0.170. The molecule has 6 heteroatoms. The summed E-state index contributed by atoms with van der Waals surface area (Å²) in [6, 6.07) is 0. The van der Waals surface area contributed by atoms with Crippen LogP contribution in [0.3, 0.4) is 0 Å². The van der Waals surface area contributed by atoms with Gasteiger partial charge in [0.2, 0.25) is 10.0 Å². The summed E-state index contributed by atoms with van der Waals surface area (Å²) in [6.07, 6.45) is 1.02. The Morgan fingerprint density at radius 3 is 2.71 bits per heavy atom. The highest BCUT2D eigenvalue weighted by atomic mass is 32.2. The Kier molecular flexibility index (Phi) is 3.52. The molecule has 0 aromatic carbocycles. The number of primary sulfonamides is 1. The van der Waals surface area contributed by atoms with Crippen LogP contribution in [-0.2, 0) is 14.8 Å². The molecular weight excluding hydrogens is 204 g/mol. The molecule has 0 radical (unpaired) electrons. The predicted octanol–water partition coefficient (Wildman–Crippen LogP) is -0.568. The zero-order valence-corrected chi connectivity index (χ0v) is 9.43. The highest BCUT2D eigenvalue weighted by molar-refractivity contribution is 7.89. The number of sulfonamides is 1. The van der Waals surface area contributed by atoms with Crippen LogP contribution in [0.1, 0.15) is 20.3 Å². The average Bonchev–Trinajstić information content (AvgIpc) is 2.30. The summed E-state index contributed by atoms with van der Waals surface area (Å²) >= 11 is 0. The van der Waals surface area contributed by atoms with Gasteiger partial charge in [0.15, 0.2) is 0 Å². The van der Waals surface area contributed by atoms with Crippen molar-refractivity contribution in [3.8, 4) is 0 Å². The molecule has 2 atom stereocenters. The van der Waals surface area contributed by atoms with E-state index in [4.69, 9.17) is 9.88 Å². The van der Waals surface area contributed by atoms with Gasteiger partial charge in [-0.1, -0.05) is 0 Å². The fourth-order valence-electron chi connectivity index (χ4n) is 1.55. The molecule has 0 aliphatic carbocycles. The zero-order valence-electron chi connectivity index (χ0n) is 8.62. The number of hydrogen-bond acceptors (Lipinski definition) is 4. The molecule has 1 heterocycles. The van der Waals surface area contributed by atoms with Crippen LogP contribution in [0.25, 0.3) is 0 Å². The van der Waals surface area contributed by atoms with Gasteiger partial charge in [-0.05, 0) is 20.3 Å². The van der Waals surface area contributed by atoms with Crippen molar-refractivity contribution in [1.29, 1.82) is 0 Å². The second kappa shape index (κ2) is 4.14. The van der Waals surface area contributed by atoms with Crippen molar-refractivity contribution < 1.29 is 13.2 Å². The second-order valence-corrected chi connectivity index (χ2v) is 5.71. The minimum Gasteiger partial charge on any atom is -0.377 e. The summed E-state index contributed by atoms with van der Waals surface area (Å²) in [4.78, 5) is 0. The molecular formula is C8H18N2O3S. The number of rotatable bonds is 4. The van der Waals surface area contributed by atoms with Gasteiger partial charge in [-0.15, -0.1) is 0 Å². The molecule has 0 bridgehead atoms. The van der Waals surface area contributed by atoms with E-state index in [1.807, 2.05) is 13.8 Å². The summed E-state index contributed by atoms with van der Waals surface area (Å²) in [5.41, 5.74) is -0.120. The Morgan fingerprint density at radius 1 is 1.64 bits per heavy atom. The largest absolute Gasteiger partial charge is 0.377 e. The van der Waals surface area contributed by atoms with Crippen LogP contribution >= 0.6 is 0 Å². The lowest BCUT2D eigenvalue weighted by molar-refractivity contribution is 0.0895. The minimum absolute atomic E-state index is 0.0324. The van der Waals surface area contributed by atoms with Gasteiger partial charge in [0.1, 0.15) is 0 Å². The molecule has 1 rings (SSSR count). The first-order chi connectivity index (χ1) is 6.33. The normalized spacial score (nSPS) is 33.5. The lowest BCUT2D eigenvalue weighted by Gasteiger charge is -2.28. The first-order valence-corrected chi connectivity index (χ1v) is 6.42. The van der Waals surface area contributed by atoms with Crippen molar-refractivity contribution in [1.82, 2.24) is 5.32 Å². The van der Waals surface area contributed by atoms with Gasteiger partial charge in [0.05, 0.1) is 11.9 Å². The third-order valence-corrected chi connectivity index (χ3v) is 3.58. The van der Waals surface area contributed by atoms with Crippen molar-refractivity contribution in [2.45, 2.75) is 31.9 Å². The van der Waals surface area contributed by atoms with Gasteiger partial charge >= 0.3 is 0 Å². The van der Waals surface area contributed by atoms with Gasteiger partial charge < -0.3 is 10.1 Å². The van der Waals surface area contributed by atoms with E-state index in [1.54, 1.807) is 0 Å². The first-order valence-electron chi connectivity index (χ1n) is 4.71. The molecule has 3 N–H and O–H groups in total. The van der Waals surface area contributed by atoms with E-state index < -0.39 is 10.0 Å². The van der Waals surface area contributed by atoms with Crippen molar-refractivity contribution in [2.75, 3.05) is 18.9 Å². The molecule has 84 valence electrons. The fraction of sp³-hybridized carbons (Fsp3) is 1.00. The van der Waals surface area contributed by atoms with E-state index in [9.17, 15) is 8.42 Å². The highest BCUT2D eigenvalue weighted by Crippen LogP contribution is 2.24. The SMILES string of the molecule is CC1OCCC1(C)NCCS(N)(=O)=O. The Bertz CT molecular complexity index is 291. The van der Waals surface area contributed by atoms with Gasteiger partial charge in [0.25, 0.3) is 0 Å². The van der Waals surface area contributed by atoms with Crippen molar-refractivity contribution in [3.63, 3.8) is 0 Å². The third-order valence-electron chi connectivity index (χ3n) is 2.80. The quantitative estimate of drug-likeness (QED) is 0.667. The fourth-order valence-corrected chi connectivity index (χ4v) is 1.93. The van der Waals surface area contributed by atoms with E-state index in [1.165, 1.54) is 0 Å². The van der Waals surface area contributed by atoms with Crippen LogP contribution in [-0.4, -0.2) is 39.0 Å². The number of nitrogens with two attached hydrogens (primary N) is 1. The summed E-state index contributed by atoms with van der Waals surface area (Å²) in [5.74, 6) is -0.0324. The Labute approximate surface area is 85.1 Å². The van der Waals surface area contributed by atoms with Crippen LogP contribution in [0.2, 0.25) is 0 Å². The van der Waals surface area contributed by atoms with Crippen LogP contribution < -0.4 is 10.5 Å². The summed E-state index contributed by atoms with van der Waals surface area (Å²) < 4.78 is 26.8. The van der Waals surface area contributed by atoms with E-state index >= 15 is 0 Å². The summed E-state index contributed by atoms with van der Waals surface area (Å²) in [7, 11) is -3.36. The van der Waals surface area contributed by atoms with E-state index in [2.05, 4.69) is 5.32 Å². The molecule has 1 aliphatic rings. The third kappa shape index (κ3) is 3.20. The molecule has 5 nitrogen and oxygen atoms in total. The smallest absolute Gasteiger partial charge is 0.210 e. The topological polar surface area (TPSA) is 81.4 Å². The number of nitrogens with one attached hydrogen (secondary N) is 1. The molecule has 1 aliphatic heterocycles. The molecule has 14 heavy (non-hydrogen) atoms. The molecule has 1 saturated heterocycles. The van der Waals surface area contributed by atoms with E-state index in [0.717, 1.165) is 13.0 Å². The van der Waals surface area contributed by atoms with Gasteiger partial charge in [-0.2, -0.15) is 0 Å². The van der Waals surface area contributed by atoms with E-state index in [0.29, 0.717) is 6.54 Å². The number of ether oxygens (including phenoxy) is 1. The second-order valence-electron chi connectivity index (χ2n) is 3.97. The molecule has 0 saturated carbocycles. The van der Waals surface area contributed by atoms with E-state index in [-0.39, 0.29) is 17.4 Å². The molecule has 0 spiro atoms. The van der Waals surface area contributed by atoms with Crippen LogP contribution in [0.5, 0.6) is 0 Å². The van der Waals surface area contributed by atoms with Crippen molar-refractivity contribution >= 4 is 10.0 Å². The summed E-state index contributed by atoms with van der Waals surface area (Å²) in [6.45, 7) is 5.12. The van der Waals surface area contributed by atoms with Crippen LogP contribution in [0.15, 0.2) is 0 Å². The predicted molar refractivity (Wildman–Crippen MR) is 54.4 cm³/mol. The molecule has 0 aromatic rings. The lowest BCUT2D eigenvalue weighted by atomic mass is 9.95. The average molecular weight is 222 g/mol. The minimum atomic E-state index is -3.36. The monoisotopic (exact) mass is 222 g/mol. The van der Waals surface area contributed by atoms with Crippen molar-refractivity contribution in [3.05, 3.63) is 0 Å². The van der Waals surface area contributed by atoms with Crippen molar-refractivity contribution in [2.24, 2.45) is 5.14 Å². The Morgan fingerprint density at radius 2 is 2.29 bits per heavy atom. The van der Waals surface area contributed by atoms with Gasteiger partial charge in [-0.3, -0.25) is 0 Å². The molecule has 2 unspecified atom stereocenters. The maximum Gasteiger partial charge on any atom is 0.210 e. The van der Waals surface area contributed by atoms with Crippen LogP contribution in [0, 0.1) is 0 Å². The highest BCUT2D eigenvalue weighted by Gasteiger charge is 2.36.